The van der Waals surface area contributed by atoms with E-state index in [0.717, 1.165) is 19.4 Å². The summed E-state index contributed by atoms with van der Waals surface area (Å²) in [4.78, 5) is 2.33. The molecule has 0 fully saturated rings. The Bertz CT molecular complexity index is 774. The Balaban J connectivity index is 1.56. The Hall–Kier alpha value is -1.89. The van der Waals surface area contributed by atoms with Crippen molar-refractivity contribution in [1.29, 1.82) is 0 Å². The number of ether oxygens (including phenoxy) is 1. The smallest absolute Gasteiger partial charge is 0.264 e. The lowest BCUT2D eigenvalue weighted by Crippen LogP contribution is -2.25. The van der Waals surface area contributed by atoms with E-state index in [4.69, 9.17) is 9.29 Å². The van der Waals surface area contributed by atoms with E-state index in [-0.39, 0.29) is 5.75 Å². The first-order valence-corrected chi connectivity index (χ1v) is 10.1. The van der Waals surface area contributed by atoms with Crippen LogP contribution in [-0.4, -0.2) is 38.5 Å². The van der Waals surface area contributed by atoms with E-state index in [1.807, 2.05) is 0 Å². The van der Waals surface area contributed by atoms with E-state index in [2.05, 4.69) is 53.4 Å². The summed E-state index contributed by atoms with van der Waals surface area (Å²) in [6, 6.07) is 16.9. The quantitative estimate of drug-likeness (QED) is 0.576. The lowest BCUT2D eigenvalue weighted by atomic mass is 9.95. The largest absolute Gasteiger partial charge is 0.381 e. The van der Waals surface area contributed by atoms with Gasteiger partial charge in [-0.2, -0.15) is 8.42 Å². The minimum Gasteiger partial charge on any atom is -0.381 e. The summed E-state index contributed by atoms with van der Waals surface area (Å²) in [6.07, 6.45) is 2.11. The van der Waals surface area contributed by atoms with Gasteiger partial charge in [0.2, 0.25) is 0 Å². The van der Waals surface area contributed by atoms with Crippen LogP contribution in [-0.2, 0) is 21.3 Å². The van der Waals surface area contributed by atoms with Crippen molar-refractivity contribution in [2.45, 2.75) is 19.3 Å². The molecule has 0 aromatic heterocycles. The summed E-state index contributed by atoms with van der Waals surface area (Å²) in [5, 5.41) is 0. The maximum Gasteiger partial charge on any atom is 0.264 e. The van der Waals surface area contributed by atoms with E-state index < -0.39 is 10.1 Å². The molecule has 0 unspecified atom stereocenters. The molecule has 0 saturated carbocycles. The van der Waals surface area contributed by atoms with Gasteiger partial charge in [-0.05, 0) is 36.1 Å². The standard InChI is InChI=1S/C19H23NO4S/c21-25(22,23)14-6-13-24-12-5-11-20-18-9-3-1-7-16(18)15-17-8-2-4-10-19(17)20/h1-4,7-10H,5-6,11-15H2,(H,21,22,23). The zero-order chi connectivity index (χ0) is 17.7. The van der Waals surface area contributed by atoms with Crippen LogP contribution in [0.25, 0.3) is 0 Å². The Morgan fingerprint density at radius 1 is 0.920 bits per heavy atom. The topological polar surface area (TPSA) is 66.8 Å². The molecule has 2 aromatic rings. The molecule has 2 aromatic carbocycles. The van der Waals surface area contributed by atoms with Crippen LogP contribution in [0.15, 0.2) is 48.5 Å². The third-order valence-electron chi connectivity index (χ3n) is 4.31. The zero-order valence-electron chi connectivity index (χ0n) is 14.1. The molecule has 1 heterocycles. The van der Waals surface area contributed by atoms with Crippen LogP contribution < -0.4 is 4.90 Å². The molecule has 5 nitrogen and oxygen atoms in total. The normalized spacial score (nSPS) is 13.4. The molecule has 0 bridgehead atoms. The number of benzene rings is 2. The Labute approximate surface area is 149 Å². The first kappa shape index (κ1) is 17.9. The summed E-state index contributed by atoms with van der Waals surface area (Å²) in [6.45, 7) is 1.74. The van der Waals surface area contributed by atoms with Crippen molar-refractivity contribution >= 4 is 21.5 Å². The zero-order valence-corrected chi connectivity index (χ0v) is 14.9. The molecule has 0 atom stereocenters. The van der Waals surface area contributed by atoms with Crippen LogP contribution in [0.5, 0.6) is 0 Å². The monoisotopic (exact) mass is 361 g/mol. The van der Waals surface area contributed by atoms with Crippen molar-refractivity contribution in [2.75, 3.05) is 30.4 Å². The summed E-state index contributed by atoms with van der Waals surface area (Å²) >= 11 is 0. The lowest BCUT2D eigenvalue weighted by molar-refractivity contribution is 0.134. The molecule has 134 valence electrons. The Morgan fingerprint density at radius 3 is 2.08 bits per heavy atom. The van der Waals surface area contributed by atoms with Crippen LogP contribution in [0.4, 0.5) is 11.4 Å². The van der Waals surface area contributed by atoms with E-state index in [1.165, 1.54) is 22.5 Å². The fraction of sp³-hybridized carbons (Fsp3) is 0.368. The summed E-state index contributed by atoms with van der Waals surface area (Å²) in [5.41, 5.74) is 5.14. The van der Waals surface area contributed by atoms with E-state index in [0.29, 0.717) is 19.6 Å². The molecule has 0 spiro atoms. The van der Waals surface area contributed by atoms with Crippen LogP contribution in [0, 0.1) is 0 Å². The molecule has 0 amide bonds. The highest BCUT2D eigenvalue weighted by molar-refractivity contribution is 7.85. The fourth-order valence-electron chi connectivity index (χ4n) is 3.19. The van der Waals surface area contributed by atoms with Crippen LogP contribution in [0.3, 0.4) is 0 Å². The number of hydrogen-bond acceptors (Lipinski definition) is 4. The van der Waals surface area contributed by atoms with Gasteiger partial charge in [-0.1, -0.05) is 36.4 Å². The average Bonchev–Trinajstić information content (AvgIpc) is 2.59. The second kappa shape index (κ2) is 7.99. The van der Waals surface area contributed by atoms with Gasteiger partial charge in [-0.3, -0.25) is 4.55 Å². The second-order valence-corrected chi connectivity index (χ2v) is 7.76. The molecule has 0 saturated heterocycles. The average molecular weight is 361 g/mol. The Morgan fingerprint density at radius 2 is 1.48 bits per heavy atom. The van der Waals surface area contributed by atoms with Gasteiger partial charge in [0.25, 0.3) is 10.1 Å². The van der Waals surface area contributed by atoms with E-state index in [9.17, 15) is 8.42 Å². The first-order chi connectivity index (χ1) is 12.0. The Kier molecular flexibility index (Phi) is 5.73. The van der Waals surface area contributed by atoms with Crippen molar-refractivity contribution in [3.05, 3.63) is 59.7 Å². The molecule has 1 N–H and O–H groups in total. The van der Waals surface area contributed by atoms with E-state index >= 15 is 0 Å². The van der Waals surface area contributed by atoms with Crippen molar-refractivity contribution in [3.8, 4) is 0 Å². The summed E-state index contributed by atoms with van der Waals surface area (Å²) < 4.78 is 35.5. The highest BCUT2D eigenvalue weighted by atomic mass is 32.2. The third kappa shape index (κ3) is 4.81. The number of fused-ring (bicyclic) bond motifs is 2. The minimum absolute atomic E-state index is 0.250. The number of anilines is 2. The van der Waals surface area contributed by atoms with Crippen molar-refractivity contribution < 1.29 is 17.7 Å². The number of para-hydroxylation sites is 2. The predicted octanol–water partition coefficient (Wildman–Crippen LogP) is 3.41. The summed E-state index contributed by atoms with van der Waals surface area (Å²) in [5.74, 6) is -0.250. The van der Waals surface area contributed by atoms with Gasteiger partial charge in [0.1, 0.15) is 0 Å². The van der Waals surface area contributed by atoms with Gasteiger partial charge in [0, 0.05) is 37.6 Å². The highest BCUT2D eigenvalue weighted by Crippen LogP contribution is 2.38. The molecular formula is C19H23NO4S. The molecule has 0 aliphatic carbocycles. The molecule has 1 aliphatic heterocycles. The number of hydrogen-bond donors (Lipinski definition) is 1. The van der Waals surface area contributed by atoms with Crippen molar-refractivity contribution in [2.24, 2.45) is 0 Å². The van der Waals surface area contributed by atoms with Gasteiger partial charge < -0.3 is 9.64 Å². The molecule has 6 heteroatoms. The van der Waals surface area contributed by atoms with Gasteiger partial charge in [0.15, 0.2) is 0 Å². The second-order valence-electron chi connectivity index (χ2n) is 6.19. The molecule has 3 rings (SSSR count). The fourth-order valence-corrected chi connectivity index (χ4v) is 3.68. The molecule has 1 aliphatic rings. The van der Waals surface area contributed by atoms with Crippen LogP contribution in [0.1, 0.15) is 24.0 Å². The van der Waals surface area contributed by atoms with Gasteiger partial charge in [0.05, 0.1) is 5.75 Å². The van der Waals surface area contributed by atoms with Crippen LogP contribution in [0.2, 0.25) is 0 Å². The van der Waals surface area contributed by atoms with E-state index in [1.54, 1.807) is 0 Å². The highest BCUT2D eigenvalue weighted by Gasteiger charge is 2.21. The maximum absolute atomic E-state index is 10.7. The molecule has 0 radical (unpaired) electrons. The summed E-state index contributed by atoms with van der Waals surface area (Å²) in [7, 11) is -3.89. The first-order valence-electron chi connectivity index (χ1n) is 8.51. The lowest BCUT2D eigenvalue weighted by Gasteiger charge is -2.33. The molecular weight excluding hydrogens is 338 g/mol. The van der Waals surface area contributed by atoms with Crippen LogP contribution >= 0.6 is 0 Å². The van der Waals surface area contributed by atoms with Gasteiger partial charge >= 0.3 is 0 Å². The predicted molar refractivity (Wildman–Crippen MR) is 99.2 cm³/mol. The minimum atomic E-state index is -3.89. The maximum atomic E-state index is 10.7. The van der Waals surface area contributed by atoms with Gasteiger partial charge in [-0.15, -0.1) is 0 Å². The third-order valence-corrected chi connectivity index (χ3v) is 5.11. The SMILES string of the molecule is O=S(=O)(O)CCCOCCCN1c2ccccc2Cc2ccccc21. The van der Waals surface area contributed by atoms with Crippen molar-refractivity contribution in [1.82, 2.24) is 0 Å². The number of rotatable bonds is 8. The van der Waals surface area contributed by atoms with Crippen molar-refractivity contribution in [3.63, 3.8) is 0 Å². The number of nitrogens with zero attached hydrogens (tertiary/aromatic N) is 1. The molecule has 25 heavy (non-hydrogen) atoms. The van der Waals surface area contributed by atoms with Gasteiger partial charge in [-0.25, -0.2) is 0 Å².